The number of nitrogens with one attached hydrogen (secondary N) is 2. The highest BCUT2D eigenvalue weighted by molar-refractivity contribution is 6.01. The summed E-state index contributed by atoms with van der Waals surface area (Å²) in [6.07, 6.45) is 1.49. The van der Waals surface area contributed by atoms with Crippen molar-refractivity contribution in [2.24, 2.45) is 0 Å². The van der Waals surface area contributed by atoms with Crippen LogP contribution >= 0.6 is 0 Å². The third-order valence-electron chi connectivity index (χ3n) is 5.26. The number of amides is 2. The van der Waals surface area contributed by atoms with Crippen LogP contribution in [-0.2, 0) is 9.53 Å². The second-order valence-electron chi connectivity index (χ2n) is 8.17. The number of ether oxygens (including phenoxy) is 1. The van der Waals surface area contributed by atoms with E-state index >= 15 is 0 Å². The highest BCUT2D eigenvalue weighted by atomic mass is 16.5. The van der Waals surface area contributed by atoms with Gasteiger partial charge in [0.05, 0.1) is 12.7 Å². The Morgan fingerprint density at radius 1 is 0.906 bits per heavy atom. The van der Waals surface area contributed by atoms with Crippen molar-refractivity contribution in [2.75, 3.05) is 13.2 Å². The third kappa shape index (κ3) is 6.41. The van der Waals surface area contributed by atoms with Crippen molar-refractivity contribution in [3.63, 3.8) is 0 Å². The maximum atomic E-state index is 12.9. The molecule has 168 valence electrons. The van der Waals surface area contributed by atoms with E-state index in [-0.39, 0.29) is 17.9 Å². The Morgan fingerprint density at radius 3 is 2.34 bits per heavy atom. The third-order valence-corrected chi connectivity index (χ3v) is 5.26. The van der Waals surface area contributed by atoms with Crippen LogP contribution in [0.2, 0.25) is 0 Å². The first-order chi connectivity index (χ1) is 15.5. The first-order valence-corrected chi connectivity index (χ1v) is 11.3. The molecule has 0 heterocycles. The molecular formula is C27H32N2O3. The van der Waals surface area contributed by atoms with Gasteiger partial charge in [0.25, 0.3) is 5.91 Å². The molecular weight excluding hydrogens is 400 g/mol. The smallest absolute Gasteiger partial charge is 0.251 e. The summed E-state index contributed by atoms with van der Waals surface area (Å²) in [4.78, 5) is 25.4. The van der Waals surface area contributed by atoms with Crippen LogP contribution < -0.4 is 10.6 Å². The average Bonchev–Trinajstić information content (AvgIpc) is 2.81. The minimum absolute atomic E-state index is 0.120. The highest BCUT2D eigenvalue weighted by Crippen LogP contribution is 2.25. The predicted octanol–water partition coefficient (Wildman–Crippen LogP) is 4.95. The van der Waals surface area contributed by atoms with Crippen molar-refractivity contribution >= 4 is 22.6 Å². The molecule has 0 aliphatic rings. The van der Waals surface area contributed by atoms with Crippen molar-refractivity contribution in [1.82, 2.24) is 10.6 Å². The van der Waals surface area contributed by atoms with E-state index in [4.69, 9.17) is 4.74 Å². The number of fused-ring (bicyclic) bond motifs is 1. The Labute approximate surface area is 190 Å². The number of carbonyl (C=O) groups is 2. The van der Waals surface area contributed by atoms with E-state index in [0.29, 0.717) is 25.1 Å². The summed E-state index contributed by atoms with van der Waals surface area (Å²) < 4.78 is 5.46. The number of hydrogen-bond acceptors (Lipinski definition) is 3. The molecule has 0 aliphatic heterocycles. The number of rotatable bonds is 10. The quantitative estimate of drug-likeness (QED) is 0.446. The van der Waals surface area contributed by atoms with E-state index < -0.39 is 6.04 Å². The Hall–Kier alpha value is -3.18. The van der Waals surface area contributed by atoms with Gasteiger partial charge in [-0.2, -0.15) is 0 Å². The zero-order chi connectivity index (χ0) is 22.9. The molecule has 0 unspecified atom stereocenters. The first-order valence-electron chi connectivity index (χ1n) is 11.3. The molecule has 0 saturated carbocycles. The van der Waals surface area contributed by atoms with E-state index in [1.54, 1.807) is 0 Å². The van der Waals surface area contributed by atoms with Crippen LogP contribution in [0.4, 0.5) is 0 Å². The molecule has 32 heavy (non-hydrogen) atoms. The molecule has 0 spiro atoms. The Balaban J connectivity index is 1.68. The Kier molecular flexibility index (Phi) is 8.40. The lowest BCUT2D eigenvalue weighted by Gasteiger charge is -2.18. The summed E-state index contributed by atoms with van der Waals surface area (Å²) >= 11 is 0. The van der Waals surface area contributed by atoms with Crippen LogP contribution in [0.1, 0.15) is 44.0 Å². The maximum absolute atomic E-state index is 12.9. The molecule has 0 bridgehead atoms. The van der Waals surface area contributed by atoms with Gasteiger partial charge in [-0.05, 0) is 60.4 Å². The summed E-state index contributed by atoms with van der Waals surface area (Å²) in [5.74, 6) is -0.424. The van der Waals surface area contributed by atoms with Crippen LogP contribution in [0.15, 0.2) is 66.7 Å². The summed E-state index contributed by atoms with van der Waals surface area (Å²) in [6.45, 7) is 6.77. The molecule has 5 heteroatoms. The van der Waals surface area contributed by atoms with E-state index in [1.165, 1.54) is 0 Å². The fraction of sp³-hybridized carbons (Fsp3) is 0.333. The Morgan fingerprint density at radius 2 is 1.62 bits per heavy atom. The fourth-order valence-electron chi connectivity index (χ4n) is 3.59. The SMILES string of the molecule is CCC[C@H](NC(=O)c1ccc2cc(-c3ccccc3)ccc2c1)C(=O)NCCOC(C)C. The van der Waals surface area contributed by atoms with Crippen LogP contribution in [0.3, 0.4) is 0 Å². The van der Waals surface area contributed by atoms with Gasteiger partial charge in [-0.3, -0.25) is 9.59 Å². The number of hydrogen-bond donors (Lipinski definition) is 2. The lowest BCUT2D eigenvalue weighted by atomic mass is 9.99. The monoisotopic (exact) mass is 432 g/mol. The zero-order valence-electron chi connectivity index (χ0n) is 19.1. The van der Waals surface area contributed by atoms with Gasteiger partial charge in [0.1, 0.15) is 6.04 Å². The van der Waals surface area contributed by atoms with Crippen molar-refractivity contribution in [3.05, 3.63) is 72.3 Å². The van der Waals surface area contributed by atoms with Gasteiger partial charge in [0.15, 0.2) is 0 Å². The van der Waals surface area contributed by atoms with Gasteiger partial charge < -0.3 is 15.4 Å². The van der Waals surface area contributed by atoms with E-state index in [2.05, 4.69) is 34.9 Å². The van der Waals surface area contributed by atoms with Crippen LogP contribution in [-0.4, -0.2) is 37.1 Å². The van der Waals surface area contributed by atoms with Gasteiger partial charge in [0, 0.05) is 12.1 Å². The van der Waals surface area contributed by atoms with Crippen molar-refractivity contribution < 1.29 is 14.3 Å². The molecule has 3 aromatic rings. The van der Waals surface area contributed by atoms with E-state index in [0.717, 1.165) is 28.3 Å². The minimum atomic E-state index is -0.567. The van der Waals surface area contributed by atoms with Crippen molar-refractivity contribution in [3.8, 4) is 11.1 Å². The summed E-state index contributed by atoms with van der Waals surface area (Å²) in [5, 5.41) is 7.80. The lowest BCUT2D eigenvalue weighted by molar-refractivity contribution is -0.123. The molecule has 3 rings (SSSR count). The van der Waals surface area contributed by atoms with Crippen LogP contribution in [0, 0.1) is 0 Å². The zero-order valence-corrected chi connectivity index (χ0v) is 19.1. The second-order valence-corrected chi connectivity index (χ2v) is 8.17. The largest absolute Gasteiger partial charge is 0.377 e. The summed E-state index contributed by atoms with van der Waals surface area (Å²) in [7, 11) is 0. The minimum Gasteiger partial charge on any atom is -0.377 e. The standard InChI is InChI=1S/C27H32N2O3/c1-4-8-25(27(31)28-15-16-32-19(2)3)29-26(30)24-14-13-22-17-21(11-12-23(22)18-24)20-9-6-5-7-10-20/h5-7,9-14,17-19,25H,4,8,15-16H2,1-3H3,(H,28,31)(H,29,30)/t25-/m0/s1. The molecule has 2 N–H and O–H groups in total. The lowest BCUT2D eigenvalue weighted by Crippen LogP contribution is -2.47. The molecule has 0 aromatic heterocycles. The topological polar surface area (TPSA) is 67.4 Å². The second kappa shape index (κ2) is 11.4. The normalized spacial score (nSPS) is 12.0. The van der Waals surface area contributed by atoms with E-state index in [1.807, 2.05) is 63.2 Å². The maximum Gasteiger partial charge on any atom is 0.251 e. The van der Waals surface area contributed by atoms with Crippen LogP contribution in [0.5, 0.6) is 0 Å². The van der Waals surface area contributed by atoms with Crippen molar-refractivity contribution in [1.29, 1.82) is 0 Å². The van der Waals surface area contributed by atoms with Gasteiger partial charge in [0.2, 0.25) is 5.91 Å². The predicted molar refractivity (Wildman–Crippen MR) is 130 cm³/mol. The average molecular weight is 433 g/mol. The van der Waals surface area contributed by atoms with Crippen molar-refractivity contribution in [2.45, 2.75) is 45.8 Å². The molecule has 0 aliphatic carbocycles. The number of carbonyl (C=O) groups excluding carboxylic acids is 2. The summed E-state index contributed by atoms with van der Waals surface area (Å²) in [5.41, 5.74) is 2.84. The molecule has 0 saturated heterocycles. The molecule has 2 amide bonds. The molecule has 0 radical (unpaired) electrons. The summed E-state index contributed by atoms with van der Waals surface area (Å²) in [6, 6.07) is 21.5. The Bertz CT molecular complexity index is 1050. The fourth-order valence-corrected chi connectivity index (χ4v) is 3.59. The molecule has 1 atom stereocenters. The highest BCUT2D eigenvalue weighted by Gasteiger charge is 2.20. The van der Waals surface area contributed by atoms with Gasteiger partial charge in [-0.15, -0.1) is 0 Å². The van der Waals surface area contributed by atoms with E-state index in [9.17, 15) is 9.59 Å². The van der Waals surface area contributed by atoms with Crippen LogP contribution in [0.25, 0.3) is 21.9 Å². The van der Waals surface area contributed by atoms with Gasteiger partial charge >= 0.3 is 0 Å². The van der Waals surface area contributed by atoms with Gasteiger partial charge in [-0.25, -0.2) is 0 Å². The molecule has 3 aromatic carbocycles. The molecule has 0 fully saturated rings. The molecule has 5 nitrogen and oxygen atoms in total. The number of benzene rings is 3. The van der Waals surface area contributed by atoms with Gasteiger partial charge in [-0.1, -0.05) is 61.9 Å². The first kappa shape index (κ1) is 23.5.